The van der Waals surface area contributed by atoms with Crippen LogP contribution in [0.5, 0.6) is 0 Å². The molecular weight excluding hydrogens is 529 g/mol. The van der Waals surface area contributed by atoms with Gasteiger partial charge in [0.1, 0.15) is 5.65 Å². The topological polar surface area (TPSA) is 17.3 Å². The lowest BCUT2D eigenvalue weighted by atomic mass is 9.96. The third-order valence-electron chi connectivity index (χ3n) is 8.51. The maximum absolute atomic E-state index is 4.62. The molecule has 9 rings (SSSR count). The van der Waals surface area contributed by atoms with Gasteiger partial charge in [0.15, 0.2) is 0 Å². The quantitative estimate of drug-likeness (QED) is 0.199. The van der Waals surface area contributed by atoms with Gasteiger partial charge in [-0.3, -0.25) is 4.40 Å². The van der Waals surface area contributed by atoms with Crippen molar-refractivity contribution >= 4 is 58.8 Å². The minimum Gasteiger partial charge on any atom is -0.299 e. The average molecular weight is 553 g/mol. The van der Waals surface area contributed by atoms with Crippen molar-refractivity contribution in [2.45, 2.75) is 0 Å². The molecule has 9 aromatic rings. The van der Waals surface area contributed by atoms with Crippen molar-refractivity contribution in [2.75, 3.05) is 0 Å². The van der Waals surface area contributed by atoms with Crippen LogP contribution >= 0.6 is 11.3 Å². The molecular formula is C39H24N2S. The van der Waals surface area contributed by atoms with Crippen LogP contribution in [0.15, 0.2) is 146 Å². The van der Waals surface area contributed by atoms with Crippen LogP contribution in [0.25, 0.3) is 80.9 Å². The average Bonchev–Trinajstić information content (AvgIpc) is 3.71. The minimum absolute atomic E-state index is 1.00. The zero-order valence-electron chi connectivity index (χ0n) is 22.7. The van der Waals surface area contributed by atoms with Gasteiger partial charge in [0.25, 0.3) is 0 Å². The number of aromatic nitrogens is 2. The first-order valence-electron chi connectivity index (χ1n) is 14.2. The Morgan fingerprint density at radius 1 is 0.476 bits per heavy atom. The standard InChI is InChI=1S/C39H24N2S/c1-2-8-34-31(6-1)35-24-29(20-21-36(35)41-23-22-40-39(34)41)27-14-12-25(13-15-27)26-16-18-28(19-17-26)30-9-5-10-33-32-7-3-4-11-37(32)42-38(30)33/h1-24H. The van der Waals surface area contributed by atoms with Crippen molar-refractivity contribution in [3.05, 3.63) is 146 Å². The lowest BCUT2D eigenvalue weighted by molar-refractivity contribution is 1.27. The van der Waals surface area contributed by atoms with E-state index in [9.17, 15) is 0 Å². The summed E-state index contributed by atoms with van der Waals surface area (Å²) in [7, 11) is 0. The van der Waals surface area contributed by atoms with Gasteiger partial charge >= 0.3 is 0 Å². The summed E-state index contributed by atoms with van der Waals surface area (Å²) in [5.74, 6) is 0. The van der Waals surface area contributed by atoms with Crippen molar-refractivity contribution in [1.29, 1.82) is 0 Å². The summed E-state index contributed by atoms with van der Waals surface area (Å²) in [5.41, 5.74) is 9.59. The third kappa shape index (κ3) is 3.54. The molecule has 3 aromatic heterocycles. The summed E-state index contributed by atoms with van der Waals surface area (Å²) in [4.78, 5) is 4.62. The Balaban J connectivity index is 1.07. The summed E-state index contributed by atoms with van der Waals surface area (Å²) in [6, 6.07) is 48.6. The van der Waals surface area contributed by atoms with Gasteiger partial charge in [-0.05, 0) is 57.0 Å². The molecule has 0 atom stereocenters. The summed E-state index contributed by atoms with van der Waals surface area (Å²) in [5, 5.41) is 6.32. The third-order valence-corrected chi connectivity index (χ3v) is 9.73. The maximum Gasteiger partial charge on any atom is 0.145 e. The number of hydrogen-bond donors (Lipinski definition) is 0. The molecule has 0 N–H and O–H groups in total. The maximum atomic E-state index is 4.62. The molecule has 0 saturated carbocycles. The van der Waals surface area contributed by atoms with Crippen molar-refractivity contribution in [1.82, 2.24) is 9.38 Å². The van der Waals surface area contributed by atoms with Crippen LogP contribution in [-0.4, -0.2) is 9.38 Å². The summed E-state index contributed by atoms with van der Waals surface area (Å²) in [6.07, 6.45) is 3.93. The van der Waals surface area contributed by atoms with Crippen molar-refractivity contribution in [3.8, 4) is 33.4 Å². The molecule has 0 spiro atoms. The molecule has 0 bridgehead atoms. The number of fused-ring (bicyclic) bond motifs is 9. The van der Waals surface area contributed by atoms with Gasteiger partial charge in [0.05, 0.1) is 5.52 Å². The second-order valence-corrected chi connectivity index (χ2v) is 11.9. The second-order valence-electron chi connectivity index (χ2n) is 10.8. The summed E-state index contributed by atoms with van der Waals surface area (Å²) in [6.45, 7) is 0. The minimum atomic E-state index is 1.00. The van der Waals surface area contributed by atoms with Gasteiger partial charge in [-0.25, -0.2) is 4.98 Å². The molecule has 0 aliphatic heterocycles. The van der Waals surface area contributed by atoms with Crippen molar-refractivity contribution < 1.29 is 0 Å². The number of hydrogen-bond acceptors (Lipinski definition) is 2. The van der Waals surface area contributed by atoms with E-state index >= 15 is 0 Å². The predicted molar refractivity (Wildman–Crippen MR) is 179 cm³/mol. The number of pyridine rings is 1. The zero-order chi connectivity index (χ0) is 27.6. The molecule has 0 amide bonds. The predicted octanol–water partition coefficient (Wildman–Crippen LogP) is 11.0. The summed E-state index contributed by atoms with van der Waals surface area (Å²) < 4.78 is 4.88. The Morgan fingerprint density at radius 2 is 1.10 bits per heavy atom. The fraction of sp³-hybridized carbons (Fsp3) is 0. The van der Waals surface area contributed by atoms with Crippen LogP contribution < -0.4 is 0 Å². The Labute approximate surface area is 246 Å². The first-order valence-corrected chi connectivity index (χ1v) is 15.0. The largest absolute Gasteiger partial charge is 0.299 e. The monoisotopic (exact) mass is 552 g/mol. The van der Waals surface area contributed by atoms with Gasteiger partial charge in [-0.2, -0.15) is 0 Å². The Morgan fingerprint density at radius 3 is 1.88 bits per heavy atom. The van der Waals surface area contributed by atoms with Crippen molar-refractivity contribution in [2.24, 2.45) is 0 Å². The number of imidazole rings is 1. The molecule has 6 aromatic carbocycles. The Bertz CT molecular complexity index is 2450. The molecule has 3 heterocycles. The fourth-order valence-electron chi connectivity index (χ4n) is 6.42. The Hall–Kier alpha value is -5.25. The first kappa shape index (κ1) is 23.5. The highest BCUT2D eigenvalue weighted by Gasteiger charge is 2.12. The molecule has 3 heteroatoms. The molecule has 0 radical (unpaired) electrons. The number of nitrogens with zero attached hydrogens (tertiary/aromatic N) is 2. The SMILES string of the molecule is c1ccc2c(c1)sc1c(-c3ccc(-c4ccc(-c5ccc6c(c5)c5ccccc5c5nccn65)cc4)cc3)cccc12. The lowest BCUT2D eigenvalue weighted by Crippen LogP contribution is -1.91. The van der Waals surface area contributed by atoms with E-state index in [1.165, 1.54) is 75.2 Å². The molecule has 196 valence electrons. The van der Waals surface area contributed by atoms with E-state index in [0.29, 0.717) is 0 Å². The Kier molecular flexibility index (Phi) is 5.10. The van der Waals surface area contributed by atoms with Gasteiger partial charge < -0.3 is 0 Å². The van der Waals surface area contributed by atoms with E-state index in [4.69, 9.17) is 0 Å². The van der Waals surface area contributed by atoms with Crippen LogP contribution in [0.3, 0.4) is 0 Å². The number of rotatable bonds is 3. The first-order chi connectivity index (χ1) is 20.8. The molecule has 2 nitrogen and oxygen atoms in total. The van der Waals surface area contributed by atoms with Crippen molar-refractivity contribution in [3.63, 3.8) is 0 Å². The molecule has 0 fully saturated rings. The smallest absolute Gasteiger partial charge is 0.145 e. The molecule has 0 saturated heterocycles. The van der Waals surface area contributed by atoms with E-state index in [1.807, 2.05) is 23.7 Å². The van der Waals surface area contributed by atoms with Crippen LogP contribution in [0, 0.1) is 0 Å². The van der Waals surface area contributed by atoms with Gasteiger partial charge in [-0.15, -0.1) is 11.3 Å². The van der Waals surface area contributed by atoms with E-state index in [0.717, 1.165) is 5.65 Å². The fourth-order valence-corrected chi connectivity index (χ4v) is 7.66. The normalized spacial score (nSPS) is 11.8. The van der Waals surface area contributed by atoms with Crippen LogP contribution in [-0.2, 0) is 0 Å². The van der Waals surface area contributed by atoms with Gasteiger partial charge in [-0.1, -0.05) is 115 Å². The molecule has 0 aliphatic rings. The zero-order valence-corrected chi connectivity index (χ0v) is 23.5. The van der Waals surface area contributed by atoms with E-state index in [1.54, 1.807) is 0 Å². The molecule has 0 unspecified atom stereocenters. The second kappa shape index (κ2) is 9.13. The van der Waals surface area contributed by atoms with E-state index in [-0.39, 0.29) is 0 Å². The van der Waals surface area contributed by atoms with E-state index < -0.39 is 0 Å². The molecule has 42 heavy (non-hydrogen) atoms. The number of thiophene rings is 1. The van der Waals surface area contributed by atoms with Gasteiger partial charge in [0.2, 0.25) is 0 Å². The van der Waals surface area contributed by atoms with Crippen LogP contribution in [0.2, 0.25) is 0 Å². The lowest BCUT2D eigenvalue weighted by Gasteiger charge is -2.11. The highest BCUT2D eigenvalue weighted by molar-refractivity contribution is 7.26. The highest BCUT2D eigenvalue weighted by atomic mass is 32.1. The molecule has 0 aliphatic carbocycles. The van der Waals surface area contributed by atoms with Gasteiger partial charge in [0, 0.05) is 43.3 Å². The van der Waals surface area contributed by atoms with Crippen LogP contribution in [0.1, 0.15) is 0 Å². The van der Waals surface area contributed by atoms with E-state index in [2.05, 4.69) is 143 Å². The summed E-state index contributed by atoms with van der Waals surface area (Å²) >= 11 is 1.88. The number of benzene rings is 6. The highest BCUT2D eigenvalue weighted by Crippen LogP contribution is 2.40. The van der Waals surface area contributed by atoms with Crippen LogP contribution in [0.4, 0.5) is 0 Å².